The molecule has 0 radical (unpaired) electrons. The van der Waals surface area contributed by atoms with E-state index in [0.29, 0.717) is 10.6 Å². The number of nitrogens with one attached hydrogen (secondary N) is 2. The minimum absolute atomic E-state index is 0.119. The summed E-state index contributed by atoms with van der Waals surface area (Å²) in [5.41, 5.74) is 1.83. The lowest BCUT2D eigenvalue weighted by molar-refractivity contribution is 0.249. The summed E-state index contributed by atoms with van der Waals surface area (Å²) in [6.07, 6.45) is 2.54. The third-order valence-electron chi connectivity index (χ3n) is 4.07. The second kappa shape index (κ2) is 7.49. The van der Waals surface area contributed by atoms with E-state index in [1.807, 2.05) is 18.2 Å². The molecule has 24 heavy (non-hydrogen) atoms. The third kappa shape index (κ3) is 4.14. The Balaban J connectivity index is 1.54. The van der Waals surface area contributed by atoms with E-state index in [2.05, 4.69) is 27.7 Å². The molecule has 1 heterocycles. The Morgan fingerprint density at radius 1 is 1.17 bits per heavy atom. The van der Waals surface area contributed by atoms with Gasteiger partial charge in [-0.3, -0.25) is 4.21 Å². The second-order valence-corrected chi connectivity index (χ2v) is 7.23. The normalized spacial score (nSPS) is 18.2. The van der Waals surface area contributed by atoms with Crippen LogP contribution in [0.15, 0.2) is 59.5 Å². The summed E-state index contributed by atoms with van der Waals surface area (Å²) in [5.74, 6) is 0. The van der Waals surface area contributed by atoms with Crippen molar-refractivity contribution in [3.8, 4) is 0 Å². The molecule has 2 aromatic carbocycles. The fourth-order valence-corrected chi connectivity index (χ4v) is 3.42. The molecular formula is C18H21N3O2S. The zero-order valence-corrected chi connectivity index (χ0v) is 14.4. The van der Waals surface area contributed by atoms with Crippen molar-refractivity contribution < 1.29 is 9.00 Å². The molecule has 6 heteroatoms. The summed E-state index contributed by atoms with van der Waals surface area (Å²) in [5, 5.41) is 5.82. The van der Waals surface area contributed by atoms with Crippen molar-refractivity contribution in [3.05, 3.63) is 54.6 Å². The lowest BCUT2D eigenvalue weighted by Gasteiger charge is -2.19. The number of hydrogen-bond acceptors (Lipinski definition) is 3. The summed E-state index contributed by atoms with van der Waals surface area (Å²) in [7, 11) is -1.06. The maximum Gasteiger partial charge on any atom is 0.319 e. The van der Waals surface area contributed by atoms with Crippen LogP contribution in [0.1, 0.15) is 6.42 Å². The first-order valence-electron chi connectivity index (χ1n) is 7.93. The Morgan fingerprint density at radius 3 is 2.71 bits per heavy atom. The summed E-state index contributed by atoms with van der Waals surface area (Å²) in [6.45, 7) is 1.73. The van der Waals surface area contributed by atoms with Gasteiger partial charge in [0.15, 0.2) is 0 Å². The fraction of sp³-hybridized carbons (Fsp3) is 0.278. The van der Waals surface area contributed by atoms with Crippen LogP contribution in [0.5, 0.6) is 0 Å². The molecule has 2 N–H and O–H groups in total. The molecule has 3 rings (SSSR count). The van der Waals surface area contributed by atoms with Gasteiger partial charge in [0.1, 0.15) is 0 Å². The first-order chi connectivity index (χ1) is 11.6. The van der Waals surface area contributed by atoms with Gasteiger partial charge in [0.2, 0.25) is 0 Å². The van der Waals surface area contributed by atoms with Crippen LogP contribution in [-0.4, -0.2) is 35.6 Å². The predicted octanol–water partition coefficient (Wildman–Crippen LogP) is 2.82. The molecule has 1 aliphatic rings. The molecular weight excluding hydrogens is 322 g/mol. The number of para-hydroxylation sites is 1. The van der Waals surface area contributed by atoms with E-state index in [4.69, 9.17) is 0 Å². The number of rotatable bonds is 4. The van der Waals surface area contributed by atoms with Gasteiger partial charge < -0.3 is 15.5 Å². The van der Waals surface area contributed by atoms with Gasteiger partial charge in [-0.25, -0.2) is 4.79 Å². The van der Waals surface area contributed by atoms with Crippen LogP contribution < -0.4 is 15.5 Å². The molecule has 0 spiro atoms. The average molecular weight is 343 g/mol. The maximum atomic E-state index is 12.2. The minimum atomic E-state index is -1.06. The van der Waals surface area contributed by atoms with Gasteiger partial charge >= 0.3 is 6.03 Å². The van der Waals surface area contributed by atoms with Gasteiger partial charge in [0.05, 0.1) is 0 Å². The number of anilines is 2. The summed E-state index contributed by atoms with van der Waals surface area (Å²) >= 11 is 0. The monoisotopic (exact) mass is 343 g/mol. The van der Waals surface area contributed by atoms with E-state index in [1.165, 1.54) is 5.69 Å². The molecule has 1 fully saturated rings. The van der Waals surface area contributed by atoms with Crippen molar-refractivity contribution in [2.24, 2.45) is 0 Å². The van der Waals surface area contributed by atoms with Crippen molar-refractivity contribution in [1.82, 2.24) is 5.32 Å². The average Bonchev–Trinajstić information content (AvgIpc) is 3.04. The van der Waals surface area contributed by atoms with Gasteiger partial charge in [0.25, 0.3) is 0 Å². The van der Waals surface area contributed by atoms with Gasteiger partial charge in [-0.05, 0) is 36.8 Å². The molecule has 0 aliphatic carbocycles. The molecule has 2 atom stereocenters. The molecule has 5 nitrogen and oxygen atoms in total. The molecule has 0 bridgehead atoms. The van der Waals surface area contributed by atoms with E-state index in [1.54, 1.807) is 30.5 Å². The Labute approximate surface area is 144 Å². The molecule has 0 aromatic heterocycles. The smallest absolute Gasteiger partial charge is 0.319 e. The number of urea groups is 1. The number of benzene rings is 2. The van der Waals surface area contributed by atoms with Crippen molar-refractivity contribution >= 4 is 28.2 Å². The van der Waals surface area contributed by atoms with Crippen LogP contribution in [0, 0.1) is 0 Å². The Hall–Kier alpha value is -2.34. The lowest BCUT2D eigenvalue weighted by atomic mass is 10.2. The number of amides is 2. The van der Waals surface area contributed by atoms with Crippen molar-refractivity contribution in [3.63, 3.8) is 0 Å². The Kier molecular flexibility index (Phi) is 5.15. The van der Waals surface area contributed by atoms with E-state index in [9.17, 15) is 9.00 Å². The zero-order chi connectivity index (χ0) is 16.9. The molecule has 0 saturated carbocycles. The molecule has 126 valence electrons. The minimum Gasteiger partial charge on any atom is -0.369 e. The third-order valence-corrected chi connectivity index (χ3v) is 4.99. The quantitative estimate of drug-likeness (QED) is 0.897. The second-order valence-electron chi connectivity index (χ2n) is 5.85. The van der Waals surface area contributed by atoms with Crippen LogP contribution in [0.2, 0.25) is 0 Å². The topological polar surface area (TPSA) is 61.4 Å². The van der Waals surface area contributed by atoms with Crippen LogP contribution in [0.4, 0.5) is 16.2 Å². The first-order valence-corrected chi connectivity index (χ1v) is 9.48. The molecule has 2 unspecified atom stereocenters. The van der Waals surface area contributed by atoms with Gasteiger partial charge in [-0.1, -0.05) is 24.3 Å². The first kappa shape index (κ1) is 16.5. The van der Waals surface area contributed by atoms with Crippen LogP contribution in [-0.2, 0) is 10.8 Å². The summed E-state index contributed by atoms with van der Waals surface area (Å²) in [4.78, 5) is 15.1. The zero-order valence-electron chi connectivity index (χ0n) is 13.6. The molecule has 1 saturated heterocycles. The van der Waals surface area contributed by atoms with Crippen molar-refractivity contribution in [2.45, 2.75) is 17.4 Å². The predicted molar refractivity (Wildman–Crippen MR) is 98.0 cm³/mol. The van der Waals surface area contributed by atoms with E-state index in [0.717, 1.165) is 19.5 Å². The SMILES string of the molecule is CS(=O)c1cccc(NC(=O)NC2CCN(c3ccccc3)C2)c1. The highest BCUT2D eigenvalue weighted by Gasteiger charge is 2.23. The van der Waals surface area contributed by atoms with Crippen LogP contribution in [0.3, 0.4) is 0 Å². The maximum absolute atomic E-state index is 12.2. The number of carbonyl (C=O) groups excluding carboxylic acids is 1. The van der Waals surface area contributed by atoms with Gasteiger partial charge in [-0.2, -0.15) is 0 Å². The highest BCUT2D eigenvalue weighted by atomic mass is 32.2. The number of hydrogen-bond donors (Lipinski definition) is 2. The van der Waals surface area contributed by atoms with Crippen molar-refractivity contribution in [2.75, 3.05) is 29.6 Å². The van der Waals surface area contributed by atoms with E-state index in [-0.39, 0.29) is 12.1 Å². The standard InChI is InChI=1S/C18H21N3O2S/c1-24(23)17-9-5-6-14(12-17)19-18(22)20-15-10-11-21(13-15)16-7-3-2-4-8-16/h2-9,12,15H,10-11,13H2,1H3,(H2,19,20,22). The van der Waals surface area contributed by atoms with Gasteiger partial charge in [-0.15, -0.1) is 0 Å². The Morgan fingerprint density at radius 2 is 1.96 bits per heavy atom. The van der Waals surface area contributed by atoms with Crippen molar-refractivity contribution in [1.29, 1.82) is 0 Å². The molecule has 2 aromatic rings. The number of carbonyl (C=O) groups is 1. The number of nitrogens with zero attached hydrogens (tertiary/aromatic N) is 1. The highest BCUT2D eigenvalue weighted by molar-refractivity contribution is 7.84. The molecule has 2 amide bonds. The van der Waals surface area contributed by atoms with Crippen LogP contribution in [0.25, 0.3) is 0 Å². The van der Waals surface area contributed by atoms with E-state index >= 15 is 0 Å². The van der Waals surface area contributed by atoms with E-state index < -0.39 is 10.8 Å². The molecule has 1 aliphatic heterocycles. The highest BCUT2D eigenvalue weighted by Crippen LogP contribution is 2.20. The summed E-state index contributed by atoms with van der Waals surface area (Å²) < 4.78 is 11.5. The summed E-state index contributed by atoms with van der Waals surface area (Å²) in [6, 6.07) is 17.2. The van der Waals surface area contributed by atoms with Crippen LogP contribution >= 0.6 is 0 Å². The van der Waals surface area contributed by atoms with Gasteiger partial charge in [0, 0.05) is 52.5 Å². The largest absolute Gasteiger partial charge is 0.369 e. The lowest BCUT2D eigenvalue weighted by Crippen LogP contribution is -2.39. The Bertz CT molecular complexity index is 736. The fourth-order valence-electron chi connectivity index (χ4n) is 2.86.